The van der Waals surface area contributed by atoms with Crippen LogP contribution in [0.4, 0.5) is 0 Å². The van der Waals surface area contributed by atoms with Crippen LogP contribution in [0.5, 0.6) is 5.88 Å². The number of ether oxygens (including phenoxy) is 1. The minimum atomic E-state index is -0.263. The normalized spacial score (nSPS) is 26.8. The van der Waals surface area contributed by atoms with Crippen LogP contribution in [0, 0.1) is 11.8 Å². The molecule has 0 amide bonds. The molecular formula is C23H38N2O2. The standard InChI is InChI=1S/C23H38N2O2/c1-7-8-9-10-13-22(3,4)21-24-19(26)18-16-14-15(2)11-12-17(16)23(5,6)27-20(18)25-21/h15-17H,7-14H2,1-6H3,(H,24,25,26)/t15-,16-,17?/m1/s1. The minimum Gasteiger partial charge on any atom is -0.471 e. The average Bonchev–Trinajstić information content (AvgIpc) is 2.57. The first-order chi connectivity index (χ1) is 12.7. The van der Waals surface area contributed by atoms with Gasteiger partial charge in [-0.1, -0.05) is 59.8 Å². The molecule has 152 valence electrons. The zero-order valence-electron chi connectivity index (χ0n) is 18.2. The lowest BCUT2D eigenvalue weighted by molar-refractivity contribution is -0.0190. The van der Waals surface area contributed by atoms with E-state index in [9.17, 15) is 4.79 Å². The molecule has 1 N–H and O–H groups in total. The lowest BCUT2D eigenvalue weighted by Crippen LogP contribution is -2.49. The van der Waals surface area contributed by atoms with E-state index in [1.165, 1.54) is 25.7 Å². The van der Waals surface area contributed by atoms with E-state index >= 15 is 0 Å². The first-order valence-corrected chi connectivity index (χ1v) is 11.0. The van der Waals surface area contributed by atoms with E-state index in [2.05, 4.69) is 46.5 Å². The van der Waals surface area contributed by atoms with Gasteiger partial charge in [-0.25, -0.2) is 0 Å². The molecule has 0 aromatic carbocycles. The number of hydrogen-bond acceptors (Lipinski definition) is 3. The quantitative estimate of drug-likeness (QED) is 0.649. The highest BCUT2D eigenvalue weighted by molar-refractivity contribution is 5.34. The van der Waals surface area contributed by atoms with Gasteiger partial charge in [0.25, 0.3) is 5.56 Å². The topological polar surface area (TPSA) is 55.0 Å². The molecule has 3 atom stereocenters. The Hall–Kier alpha value is -1.32. The van der Waals surface area contributed by atoms with Crippen LogP contribution in [0.3, 0.4) is 0 Å². The van der Waals surface area contributed by atoms with Crippen molar-refractivity contribution in [1.29, 1.82) is 0 Å². The third kappa shape index (κ3) is 4.09. The molecule has 1 fully saturated rings. The number of unbranched alkanes of at least 4 members (excludes halogenated alkanes) is 3. The Labute approximate surface area is 164 Å². The van der Waals surface area contributed by atoms with Crippen molar-refractivity contribution >= 4 is 0 Å². The summed E-state index contributed by atoms with van der Waals surface area (Å²) in [7, 11) is 0. The summed E-state index contributed by atoms with van der Waals surface area (Å²) in [6, 6.07) is 0. The zero-order chi connectivity index (χ0) is 19.8. The molecule has 2 heterocycles. The third-order valence-electron chi connectivity index (χ3n) is 6.95. The maximum absolute atomic E-state index is 13.1. The van der Waals surface area contributed by atoms with Crippen molar-refractivity contribution in [1.82, 2.24) is 9.97 Å². The van der Waals surface area contributed by atoms with Crippen LogP contribution < -0.4 is 10.3 Å². The Bertz CT molecular complexity index is 720. The predicted octanol–water partition coefficient (Wildman–Crippen LogP) is 5.71. The smallest absolute Gasteiger partial charge is 0.258 e. The van der Waals surface area contributed by atoms with Crippen LogP contribution in [0.1, 0.15) is 110 Å². The van der Waals surface area contributed by atoms with Gasteiger partial charge in [0.15, 0.2) is 0 Å². The van der Waals surface area contributed by atoms with Gasteiger partial charge in [0.2, 0.25) is 5.88 Å². The Morgan fingerprint density at radius 1 is 1.22 bits per heavy atom. The van der Waals surface area contributed by atoms with Crippen molar-refractivity contribution < 1.29 is 4.74 Å². The molecule has 1 aliphatic heterocycles. The van der Waals surface area contributed by atoms with Gasteiger partial charge in [-0.05, 0) is 39.0 Å². The van der Waals surface area contributed by atoms with Crippen molar-refractivity contribution in [3.63, 3.8) is 0 Å². The molecule has 3 rings (SSSR count). The number of aromatic amines is 1. The molecule has 1 saturated carbocycles. The summed E-state index contributed by atoms with van der Waals surface area (Å²) in [6.45, 7) is 13.2. The minimum absolute atomic E-state index is 0.0243. The molecule has 1 unspecified atom stereocenters. The van der Waals surface area contributed by atoms with E-state index in [0.29, 0.717) is 17.7 Å². The van der Waals surface area contributed by atoms with Gasteiger partial charge in [0, 0.05) is 17.3 Å². The number of H-pyrrole nitrogens is 1. The van der Waals surface area contributed by atoms with Crippen molar-refractivity contribution in [2.45, 2.75) is 110 Å². The summed E-state index contributed by atoms with van der Waals surface area (Å²) in [5, 5.41) is 0. The van der Waals surface area contributed by atoms with Crippen molar-refractivity contribution in [2.75, 3.05) is 0 Å². The van der Waals surface area contributed by atoms with Crippen molar-refractivity contribution in [3.05, 3.63) is 21.7 Å². The monoisotopic (exact) mass is 374 g/mol. The third-order valence-corrected chi connectivity index (χ3v) is 6.95. The number of hydrogen-bond donors (Lipinski definition) is 1. The number of rotatable bonds is 6. The number of nitrogens with one attached hydrogen (secondary N) is 1. The maximum atomic E-state index is 13.1. The second-order valence-corrected chi connectivity index (χ2v) is 10.2. The van der Waals surface area contributed by atoms with E-state index < -0.39 is 0 Å². The fourth-order valence-electron chi connectivity index (χ4n) is 5.16. The molecule has 0 saturated heterocycles. The van der Waals surface area contributed by atoms with Gasteiger partial charge < -0.3 is 9.72 Å². The van der Waals surface area contributed by atoms with E-state index in [1.54, 1.807) is 0 Å². The predicted molar refractivity (Wildman–Crippen MR) is 111 cm³/mol. The van der Waals surface area contributed by atoms with Gasteiger partial charge in [-0.3, -0.25) is 4.79 Å². The first kappa shape index (κ1) is 20.4. The van der Waals surface area contributed by atoms with Gasteiger partial charge in [0.05, 0.1) is 5.56 Å². The molecule has 1 aliphatic carbocycles. The van der Waals surface area contributed by atoms with Gasteiger partial charge in [-0.15, -0.1) is 0 Å². The van der Waals surface area contributed by atoms with Gasteiger partial charge in [0.1, 0.15) is 11.4 Å². The summed E-state index contributed by atoms with van der Waals surface area (Å²) in [4.78, 5) is 21.1. The van der Waals surface area contributed by atoms with E-state index in [0.717, 1.165) is 37.1 Å². The summed E-state index contributed by atoms with van der Waals surface area (Å²) in [5.74, 6) is 2.70. The zero-order valence-corrected chi connectivity index (χ0v) is 18.2. The molecule has 0 radical (unpaired) electrons. The van der Waals surface area contributed by atoms with Crippen LogP contribution >= 0.6 is 0 Å². The maximum Gasteiger partial charge on any atom is 0.258 e. The molecule has 0 bridgehead atoms. The van der Waals surface area contributed by atoms with E-state index in [-0.39, 0.29) is 22.5 Å². The van der Waals surface area contributed by atoms with Gasteiger partial charge >= 0.3 is 0 Å². The second kappa shape index (κ2) is 7.60. The second-order valence-electron chi connectivity index (χ2n) is 10.2. The highest BCUT2D eigenvalue weighted by Gasteiger charge is 2.48. The van der Waals surface area contributed by atoms with Crippen LogP contribution in [-0.2, 0) is 5.41 Å². The fourth-order valence-corrected chi connectivity index (χ4v) is 5.16. The molecule has 4 nitrogen and oxygen atoms in total. The molecule has 1 aromatic heterocycles. The highest BCUT2D eigenvalue weighted by Crippen LogP contribution is 2.51. The number of fused-ring (bicyclic) bond motifs is 3. The highest BCUT2D eigenvalue weighted by atomic mass is 16.5. The Morgan fingerprint density at radius 3 is 2.67 bits per heavy atom. The number of nitrogens with zero attached hydrogens (tertiary/aromatic N) is 1. The largest absolute Gasteiger partial charge is 0.471 e. The van der Waals surface area contributed by atoms with Crippen LogP contribution in [-0.4, -0.2) is 15.6 Å². The van der Waals surface area contributed by atoms with Crippen molar-refractivity contribution in [2.24, 2.45) is 11.8 Å². The summed E-state index contributed by atoms with van der Waals surface area (Å²) in [6.07, 6.45) is 9.34. The van der Waals surface area contributed by atoms with Crippen LogP contribution in [0.15, 0.2) is 4.79 Å². The lowest BCUT2D eigenvalue weighted by atomic mass is 9.65. The molecule has 4 heteroatoms. The van der Waals surface area contributed by atoms with E-state index in [1.807, 2.05) is 0 Å². The lowest BCUT2D eigenvalue weighted by Gasteiger charge is -2.47. The van der Waals surface area contributed by atoms with Crippen molar-refractivity contribution in [3.8, 4) is 5.88 Å². The van der Waals surface area contributed by atoms with Crippen LogP contribution in [0.2, 0.25) is 0 Å². The molecule has 0 spiro atoms. The van der Waals surface area contributed by atoms with Crippen LogP contribution in [0.25, 0.3) is 0 Å². The SMILES string of the molecule is CCCCCCC(C)(C)c1nc2c(c(=O)[nH]1)[C@@H]1C[C@H](C)CCC1C(C)(C)O2. The fraction of sp³-hybridized carbons (Fsp3) is 0.826. The average molecular weight is 375 g/mol. The Morgan fingerprint density at radius 2 is 1.96 bits per heavy atom. The molecule has 2 aliphatic rings. The summed E-state index contributed by atoms with van der Waals surface area (Å²) < 4.78 is 6.35. The first-order valence-electron chi connectivity index (χ1n) is 11.0. The Balaban J connectivity index is 1.93. The van der Waals surface area contributed by atoms with Gasteiger partial charge in [-0.2, -0.15) is 4.98 Å². The van der Waals surface area contributed by atoms with E-state index in [4.69, 9.17) is 9.72 Å². The number of aromatic nitrogens is 2. The summed E-state index contributed by atoms with van der Waals surface area (Å²) >= 11 is 0. The molecule has 27 heavy (non-hydrogen) atoms. The molecular weight excluding hydrogens is 336 g/mol. The molecule has 1 aromatic rings. The summed E-state index contributed by atoms with van der Waals surface area (Å²) in [5.41, 5.74) is 0.417. The Kier molecular flexibility index (Phi) is 5.74.